The number of rotatable bonds is 6. The SMILES string of the molecule is O=S([O-])[C@@](F)(c1ccc2ccccc2c1)[C@@H](Oc1ccccn1)c1ccc(Br)cc1.[Li+]. The molecule has 3 atom stereocenters. The summed E-state index contributed by atoms with van der Waals surface area (Å²) >= 11 is 0.191. The van der Waals surface area contributed by atoms with Gasteiger partial charge in [-0.15, -0.1) is 0 Å². The van der Waals surface area contributed by atoms with Crippen LogP contribution in [0.1, 0.15) is 17.2 Å². The summed E-state index contributed by atoms with van der Waals surface area (Å²) in [4.78, 5) is 4.08. The average Bonchev–Trinajstić information content (AvgIpc) is 2.78. The van der Waals surface area contributed by atoms with Crippen molar-refractivity contribution in [3.63, 3.8) is 0 Å². The second-order valence-corrected chi connectivity index (χ2v) is 8.64. The maximum Gasteiger partial charge on any atom is 1.00 e. The summed E-state index contributed by atoms with van der Waals surface area (Å²) in [5, 5.41) is -1.24. The van der Waals surface area contributed by atoms with Gasteiger partial charge in [-0.25, -0.2) is 9.37 Å². The first-order valence-electron chi connectivity index (χ1n) is 9.09. The Morgan fingerprint density at radius 2 is 1.65 bits per heavy atom. The molecule has 1 aromatic heterocycles. The number of benzene rings is 3. The summed E-state index contributed by atoms with van der Waals surface area (Å²) in [6, 6.07) is 23.7. The molecule has 0 radical (unpaired) electrons. The van der Waals surface area contributed by atoms with Gasteiger partial charge in [-0.2, -0.15) is 0 Å². The van der Waals surface area contributed by atoms with Gasteiger partial charge in [-0.1, -0.05) is 70.5 Å². The van der Waals surface area contributed by atoms with Gasteiger partial charge in [0.05, 0.1) is 0 Å². The monoisotopic (exact) mass is 491 g/mol. The molecule has 0 spiro atoms. The molecule has 4 nitrogen and oxygen atoms in total. The molecule has 0 saturated carbocycles. The first kappa shape index (κ1) is 23.6. The third kappa shape index (κ3) is 4.92. The van der Waals surface area contributed by atoms with Crippen LogP contribution in [-0.4, -0.2) is 13.7 Å². The van der Waals surface area contributed by atoms with E-state index in [2.05, 4.69) is 20.9 Å². The van der Waals surface area contributed by atoms with Crippen LogP contribution >= 0.6 is 15.9 Å². The second-order valence-electron chi connectivity index (χ2n) is 6.66. The van der Waals surface area contributed by atoms with Crippen LogP contribution in [0.2, 0.25) is 0 Å². The van der Waals surface area contributed by atoms with E-state index in [9.17, 15) is 8.76 Å². The van der Waals surface area contributed by atoms with Gasteiger partial charge in [0, 0.05) is 22.3 Å². The van der Waals surface area contributed by atoms with Crippen molar-refractivity contribution >= 4 is 37.8 Å². The maximum atomic E-state index is 16.5. The van der Waals surface area contributed by atoms with E-state index in [1.165, 1.54) is 12.3 Å². The van der Waals surface area contributed by atoms with Gasteiger partial charge < -0.3 is 9.29 Å². The van der Waals surface area contributed by atoms with Crippen molar-refractivity contribution < 1.29 is 36.7 Å². The third-order valence-electron chi connectivity index (χ3n) is 4.77. The number of hydrogen-bond donors (Lipinski definition) is 0. The molecule has 3 aromatic carbocycles. The Kier molecular flexibility index (Phi) is 7.68. The number of aromatic nitrogens is 1. The van der Waals surface area contributed by atoms with Crippen LogP contribution in [0.25, 0.3) is 10.8 Å². The Hall–Kier alpha value is -2.01. The quantitative estimate of drug-likeness (QED) is 0.307. The largest absolute Gasteiger partial charge is 1.00 e. The van der Waals surface area contributed by atoms with Crippen LogP contribution in [0.3, 0.4) is 0 Å². The first-order chi connectivity index (χ1) is 14.5. The van der Waals surface area contributed by atoms with Crippen LogP contribution in [0.5, 0.6) is 5.88 Å². The Bertz CT molecular complexity index is 1200. The van der Waals surface area contributed by atoms with Crippen LogP contribution in [0, 0.1) is 0 Å². The summed E-state index contributed by atoms with van der Waals surface area (Å²) in [5.41, 5.74) is 0.349. The second kappa shape index (κ2) is 10.1. The predicted octanol–water partition coefficient (Wildman–Crippen LogP) is 2.82. The van der Waals surface area contributed by atoms with Crippen molar-refractivity contribution in [2.45, 2.75) is 11.1 Å². The van der Waals surface area contributed by atoms with E-state index in [1.54, 1.807) is 60.7 Å². The number of nitrogens with zero attached hydrogens (tertiary/aromatic N) is 1. The molecule has 0 bridgehead atoms. The minimum absolute atomic E-state index is 0. The molecule has 1 heterocycles. The molecule has 0 amide bonds. The Morgan fingerprint density at radius 1 is 0.968 bits per heavy atom. The fourth-order valence-electron chi connectivity index (χ4n) is 3.27. The molecule has 152 valence electrons. The molecule has 4 rings (SSSR count). The molecule has 0 N–H and O–H groups in total. The minimum atomic E-state index is -3.15. The summed E-state index contributed by atoms with van der Waals surface area (Å²) in [6.07, 6.45) is 0.0259. The van der Waals surface area contributed by atoms with Crippen molar-refractivity contribution in [2.75, 3.05) is 0 Å². The fraction of sp³-hybridized carbons (Fsp3) is 0.0870. The van der Waals surface area contributed by atoms with Gasteiger partial charge in [0.2, 0.25) is 10.9 Å². The molecule has 0 aliphatic carbocycles. The number of pyridine rings is 1. The Labute approximate surface area is 202 Å². The van der Waals surface area contributed by atoms with Crippen molar-refractivity contribution in [2.24, 2.45) is 0 Å². The normalized spacial score (nSPS) is 14.8. The van der Waals surface area contributed by atoms with Crippen LogP contribution < -0.4 is 23.6 Å². The van der Waals surface area contributed by atoms with E-state index in [1.807, 2.05) is 18.2 Å². The molecule has 8 heteroatoms. The molecule has 0 saturated heterocycles. The zero-order chi connectivity index (χ0) is 21.1. The van der Waals surface area contributed by atoms with E-state index < -0.39 is 22.2 Å². The van der Waals surface area contributed by atoms with E-state index in [0.29, 0.717) is 5.56 Å². The summed E-state index contributed by atoms with van der Waals surface area (Å²) < 4.78 is 47.8. The standard InChI is InChI=1S/C23H17BrFNO3S.Li/c24-20-12-9-17(10-13-20)22(29-21-7-3-4-14-26-21)23(25,30(27)28)19-11-8-16-5-1-2-6-18(16)15-19;/h1-15,22H,(H,27,28);/q;+1/p-1/t22-,23-;/m0./s1. The Morgan fingerprint density at radius 3 is 2.29 bits per heavy atom. The van der Waals surface area contributed by atoms with Crippen molar-refractivity contribution in [1.82, 2.24) is 4.98 Å². The molecular formula is C23H16BrFLiNO3S. The van der Waals surface area contributed by atoms with Gasteiger partial charge in [-0.05, 0) is 51.7 Å². The third-order valence-corrected chi connectivity index (χ3v) is 6.24. The predicted molar refractivity (Wildman–Crippen MR) is 117 cm³/mol. The zero-order valence-electron chi connectivity index (χ0n) is 16.6. The van der Waals surface area contributed by atoms with Gasteiger partial charge >= 0.3 is 18.9 Å². The minimum Gasteiger partial charge on any atom is -0.770 e. The number of halogens is 2. The molecule has 0 fully saturated rings. The molecular weight excluding hydrogens is 476 g/mol. The molecule has 4 aromatic rings. The Balaban J connectivity index is 0.00000272. The number of ether oxygens (including phenoxy) is 1. The van der Waals surface area contributed by atoms with Crippen LogP contribution in [0.4, 0.5) is 4.39 Å². The number of hydrogen-bond acceptors (Lipinski definition) is 4. The molecule has 0 aliphatic heterocycles. The molecule has 31 heavy (non-hydrogen) atoms. The maximum absolute atomic E-state index is 16.5. The smallest absolute Gasteiger partial charge is 0.770 e. The van der Waals surface area contributed by atoms with E-state index in [4.69, 9.17) is 4.74 Å². The fourth-order valence-corrected chi connectivity index (χ4v) is 4.21. The van der Waals surface area contributed by atoms with Gasteiger partial charge in [-0.3, -0.25) is 4.21 Å². The number of alkyl halides is 1. The molecule has 1 unspecified atom stereocenters. The summed E-state index contributed by atoms with van der Waals surface area (Å²) in [6.45, 7) is 0. The van der Waals surface area contributed by atoms with Crippen molar-refractivity contribution in [3.8, 4) is 5.88 Å². The average molecular weight is 492 g/mol. The van der Waals surface area contributed by atoms with E-state index in [0.717, 1.165) is 15.2 Å². The topological polar surface area (TPSA) is 62.2 Å². The van der Waals surface area contributed by atoms with Crippen molar-refractivity contribution in [3.05, 3.63) is 107 Å². The zero-order valence-corrected chi connectivity index (χ0v) is 19.0. The summed E-state index contributed by atoms with van der Waals surface area (Å²) in [5.74, 6) is 0.124. The number of fused-ring (bicyclic) bond motifs is 1. The van der Waals surface area contributed by atoms with Gasteiger partial charge in [0.1, 0.15) is 0 Å². The summed E-state index contributed by atoms with van der Waals surface area (Å²) in [7, 11) is 0. The van der Waals surface area contributed by atoms with E-state index in [-0.39, 0.29) is 30.3 Å². The van der Waals surface area contributed by atoms with E-state index >= 15 is 4.39 Å². The van der Waals surface area contributed by atoms with Gasteiger partial charge in [0.25, 0.3) is 0 Å². The molecule has 0 aliphatic rings. The van der Waals surface area contributed by atoms with Crippen LogP contribution in [0.15, 0.2) is 95.6 Å². The van der Waals surface area contributed by atoms with Crippen molar-refractivity contribution in [1.29, 1.82) is 0 Å². The first-order valence-corrected chi connectivity index (χ1v) is 11.0. The van der Waals surface area contributed by atoms with Gasteiger partial charge in [0.15, 0.2) is 6.10 Å². The van der Waals surface area contributed by atoms with Crippen LogP contribution in [-0.2, 0) is 16.1 Å².